The van der Waals surface area contributed by atoms with Crippen molar-refractivity contribution in [3.63, 3.8) is 0 Å². The van der Waals surface area contributed by atoms with E-state index in [4.69, 9.17) is 0 Å². The van der Waals surface area contributed by atoms with Gasteiger partial charge in [0.2, 0.25) is 0 Å². The molecule has 0 nitrogen and oxygen atoms in total. The van der Waals surface area contributed by atoms with Crippen LogP contribution in [0, 0.1) is 34.6 Å². The zero-order chi connectivity index (χ0) is 14.2. The van der Waals surface area contributed by atoms with Crippen LogP contribution in [0.1, 0.15) is 43.8 Å². The summed E-state index contributed by atoms with van der Waals surface area (Å²) in [4.78, 5) is 0.271. The van der Waals surface area contributed by atoms with Gasteiger partial charge in [-0.1, -0.05) is 57.4 Å². The van der Waals surface area contributed by atoms with E-state index in [-0.39, 0.29) is 4.83 Å². The van der Waals surface area contributed by atoms with Gasteiger partial charge in [-0.25, -0.2) is 0 Å². The van der Waals surface area contributed by atoms with Crippen LogP contribution < -0.4 is 0 Å². The molecule has 100 valence electrons. The summed E-state index contributed by atoms with van der Waals surface area (Å²) in [5, 5.41) is 0. The van der Waals surface area contributed by atoms with Crippen LogP contribution in [0.4, 0.5) is 0 Å². The molecule has 0 N–H and O–H groups in total. The Kier molecular flexibility index (Phi) is 4.15. The van der Waals surface area contributed by atoms with Gasteiger partial charge in [0.15, 0.2) is 0 Å². The molecule has 1 atom stereocenters. The highest BCUT2D eigenvalue weighted by Gasteiger charge is 2.17. The Morgan fingerprint density at radius 2 is 1.32 bits per heavy atom. The molecule has 1 heteroatoms. The number of aryl methyl sites for hydroxylation is 5. The normalized spacial score (nSPS) is 12.5. The lowest BCUT2D eigenvalue weighted by Gasteiger charge is -2.19. The monoisotopic (exact) mass is 316 g/mol. The van der Waals surface area contributed by atoms with Crippen molar-refractivity contribution in [1.29, 1.82) is 0 Å². The molecule has 2 rings (SSSR count). The first-order valence-corrected chi connectivity index (χ1v) is 7.60. The van der Waals surface area contributed by atoms with E-state index >= 15 is 0 Å². The highest BCUT2D eigenvalue weighted by molar-refractivity contribution is 9.09. The summed E-state index contributed by atoms with van der Waals surface area (Å²) in [7, 11) is 0. The second-order valence-electron chi connectivity index (χ2n) is 5.53. The van der Waals surface area contributed by atoms with Crippen molar-refractivity contribution < 1.29 is 0 Å². The van der Waals surface area contributed by atoms with Crippen LogP contribution in [-0.2, 0) is 0 Å². The van der Waals surface area contributed by atoms with E-state index in [2.05, 4.69) is 80.9 Å². The summed E-state index contributed by atoms with van der Waals surface area (Å²) in [6, 6.07) is 11.2. The fourth-order valence-electron chi connectivity index (χ4n) is 2.78. The van der Waals surface area contributed by atoms with Crippen molar-refractivity contribution in [2.24, 2.45) is 0 Å². The third-order valence-corrected chi connectivity index (χ3v) is 4.65. The summed E-state index contributed by atoms with van der Waals surface area (Å²) in [5.74, 6) is 0. The molecule has 0 aliphatic rings. The molecule has 2 aromatic carbocycles. The van der Waals surface area contributed by atoms with Crippen molar-refractivity contribution >= 4 is 15.9 Å². The standard InChI is InChI=1S/C18H21Br/c1-11-6-7-13(3)16(10-11)18(19)17-14(4)8-12(2)9-15(17)5/h6-10,18H,1-5H3. The number of hydrogen-bond acceptors (Lipinski definition) is 0. The van der Waals surface area contributed by atoms with Gasteiger partial charge in [-0.3, -0.25) is 0 Å². The van der Waals surface area contributed by atoms with Crippen molar-refractivity contribution in [1.82, 2.24) is 0 Å². The van der Waals surface area contributed by atoms with Gasteiger partial charge in [0.25, 0.3) is 0 Å². The maximum atomic E-state index is 3.91. The van der Waals surface area contributed by atoms with Crippen LogP contribution in [0.25, 0.3) is 0 Å². The van der Waals surface area contributed by atoms with E-state index in [1.165, 1.54) is 38.9 Å². The molecular formula is C18H21Br. The first-order valence-electron chi connectivity index (χ1n) is 6.69. The molecule has 0 saturated heterocycles. The topological polar surface area (TPSA) is 0 Å². The molecule has 1 unspecified atom stereocenters. The van der Waals surface area contributed by atoms with E-state index < -0.39 is 0 Å². The van der Waals surface area contributed by atoms with Crippen molar-refractivity contribution in [3.8, 4) is 0 Å². The quantitative estimate of drug-likeness (QED) is 0.622. The molecule has 0 heterocycles. The fourth-order valence-corrected chi connectivity index (χ4v) is 3.99. The van der Waals surface area contributed by atoms with Crippen LogP contribution >= 0.6 is 15.9 Å². The first-order chi connectivity index (χ1) is 8.90. The molecule has 0 spiro atoms. The lowest BCUT2D eigenvalue weighted by atomic mass is 9.92. The van der Waals surface area contributed by atoms with Gasteiger partial charge in [-0.05, 0) is 62.4 Å². The molecule has 0 aliphatic heterocycles. The Balaban J connectivity index is 2.56. The third-order valence-electron chi connectivity index (χ3n) is 3.70. The number of benzene rings is 2. The number of hydrogen-bond donors (Lipinski definition) is 0. The molecule has 0 amide bonds. The van der Waals surface area contributed by atoms with Gasteiger partial charge in [0.1, 0.15) is 0 Å². The summed E-state index contributed by atoms with van der Waals surface area (Å²) in [6.45, 7) is 10.9. The summed E-state index contributed by atoms with van der Waals surface area (Å²) < 4.78 is 0. The van der Waals surface area contributed by atoms with Crippen LogP contribution in [0.15, 0.2) is 30.3 Å². The molecule has 0 aromatic heterocycles. The summed E-state index contributed by atoms with van der Waals surface area (Å²) in [6.07, 6.45) is 0. The summed E-state index contributed by atoms with van der Waals surface area (Å²) in [5.41, 5.74) is 9.48. The number of rotatable bonds is 2. The maximum Gasteiger partial charge on any atom is 0.0652 e. The van der Waals surface area contributed by atoms with Crippen molar-refractivity contribution in [2.45, 2.75) is 39.4 Å². The molecule has 0 aliphatic carbocycles. The van der Waals surface area contributed by atoms with E-state index in [0.717, 1.165) is 0 Å². The second-order valence-corrected chi connectivity index (χ2v) is 6.45. The fraction of sp³-hybridized carbons (Fsp3) is 0.333. The lowest BCUT2D eigenvalue weighted by molar-refractivity contribution is 1.08. The second kappa shape index (κ2) is 5.50. The Morgan fingerprint density at radius 1 is 0.737 bits per heavy atom. The predicted molar refractivity (Wildman–Crippen MR) is 87.3 cm³/mol. The third kappa shape index (κ3) is 2.92. The zero-order valence-electron chi connectivity index (χ0n) is 12.3. The molecule has 0 bridgehead atoms. The SMILES string of the molecule is Cc1cc(C)c(C(Br)c2cc(C)ccc2C)c(C)c1. The Bertz CT molecular complexity index is 588. The van der Waals surface area contributed by atoms with Gasteiger partial charge in [0, 0.05) is 0 Å². The minimum absolute atomic E-state index is 0.271. The lowest BCUT2D eigenvalue weighted by Crippen LogP contribution is -2.02. The van der Waals surface area contributed by atoms with Gasteiger partial charge >= 0.3 is 0 Å². The molecule has 2 aromatic rings. The van der Waals surface area contributed by atoms with Crippen LogP contribution in [-0.4, -0.2) is 0 Å². The van der Waals surface area contributed by atoms with Crippen LogP contribution in [0.3, 0.4) is 0 Å². The molecule has 19 heavy (non-hydrogen) atoms. The van der Waals surface area contributed by atoms with E-state index in [9.17, 15) is 0 Å². The minimum atomic E-state index is 0.271. The average molecular weight is 317 g/mol. The Labute approximate surface area is 125 Å². The highest BCUT2D eigenvalue weighted by Crippen LogP contribution is 2.37. The molecule has 0 saturated carbocycles. The zero-order valence-corrected chi connectivity index (χ0v) is 13.9. The summed E-state index contributed by atoms with van der Waals surface area (Å²) >= 11 is 3.91. The van der Waals surface area contributed by atoms with Gasteiger partial charge in [-0.15, -0.1) is 0 Å². The predicted octanol–water partition coefficient (Wildman–Crippen LogP) is 5.71. The van der Waals surface area contributed by atoms with E-state index in [1.807, 2.05) is 0 Å². The van der Waals surface area contributed by atoms with Crippen molar-refractivity contribution in [2.75, 3.05) is 0 Å². The Morgan fingerprint density at radius 3 is 1.89 bits per heavy atom. The van der Waals surface area contributed by atoms with Gasteiger partial charge in [-0.2, -0.15) is 0 Å². The molecular weight excluding hydrogens is 296 g/mol. The highest BCUT2D eigenvalue weighted by atomic mass is 79.9. The van der Waals surface area contributed by atoms with Gasteiger partial charge in [0.05, 0.1) is 4.83 Å². The number of alkyl halides is 1. The number of halogens is 1. The molecule has 0 fully saturated rings. The van der Waals surface area contributed by atoms with Crippen LogP contribution in [0.5, 0.6) is 0 Å². The van der Waals surface area contributed by atoms with Gasteiger partial charge < -0.3 is 0 Å². The minimum Gasteiger partial charge on any atom is -0.0786 e. The molecule has 0 radical (unpaired) electrons. The Hall–Kier alpha value is -1.08. The van der Waals surface area contributed by atoms with Crippen molar-refractivity contribution in [3.05, 3.63) is 69.3 Å². The van der Waals surface area contributed by atoms with E-state index in [0.29, 0.717) is 0 Å². The van der Waals surface area contributed by atoms with E-state index in [1.54, 1.807) is 0 Å². The van der Waals surface area contributed by atoms with Crippen LogP contribution in [0.2, 0.25) is 0 Å². The smallest absolute Gasteiger partial charge is 0.0652 e. The average Bonchev–Trinajstić information content (AvgIpc) is 2.30. The largest absolute Gasteiger partial charge is 0.0786 e. The maximum absolute atomic E-state index is 3.91. The first kappa shape index (κ1) is 14.3.